The van der Waals surface area contributed by atoms with Crippen LogP contribution in [-0.4, -0.2) is 17.2 Å². The number of rotatable bonds is 6. The number of allylic oxidation sites excluding steroid dienone is 1. The molecular weight excluding hydrogens is 276 g/mol. The zero-order valence-electron chi connectivity index (χ0n) is 12.2. The van der Waals surface area contributed by atoms with Crippen LogP contribution < -0.4 is 5.43 Å². The van der Waals surface area contributed by atoms with Crippen molar-refractivity contribution in [1.82, 2.24) is 5.43 Å². The average molecular weight is 294 g/mol. The maximum atomic E-state index is 11.8. The van der Waals surface area contributed by atoms with E-state index < -0.39 is 0 Å². The van der Waals surface area contributed by atoms with Gasteiger partial charge >= 0.3 is 0 Å². The highest BCUT2D eigenvalue weighted by Crippen LogP contribution is 2.21. The first-order valence-corrected chi connectivity index (χ1v) is 6.98. The number of hydrazone groups is 1. The Morgan fingerprint density at radius 1 is 1.18 bits per heavy atom. The van der Waals surface area contributed by atoms with Gasteiger partial charge in [0.1, 0.15) is 5.75 Å². The lowest BCUT2D eigenvalue weighted by molar-refractivity contribution is -0.120. The highest BCUT2D eigenvalue weighted by molar-refractivity contribution is 5.86. The number of aromatic hydroxyl groups is 1. The number of hydrogen-bond acceptors (Lipinski definition) is 3. The second-order valence-electron chi connectivity index (χ2n) is 4.80. The van der Waals surface area contributed by atoms with E-state index in [1.807, 2.05) is 42.5 Å². The molecule has 0 heterocycles. The van der Waals surface area contributed by atoms with E-state index in [4.69, 9.17) is 0 Å². The number of benzene rings is 2. The standard InChI is InChI=1S/C18H18N2O2/c1-2-7-15-10-6-11-16(18(15)22)13-19-20-17(21)12-14-8-4-3-5-9-14/h2-6,8-11,13,22H,1,7,12H2,(H,20,21)/b19-13+. The Bertz CT molecular complexity index is 679. The predicted octanol–water partition coefficient (Wildman–Crippen LogP) is 2.81. The van der Waals surface area contributed by atoms with Crippen molar-refractivity contribution >= 4 is 12.1 Å². The second kappa shape index (κ2) is 7.78. The minimum absolute atomic E-state index is 0.156. The van der Waals surface area contributed by atoms with Crippen LogP contribution in [-0.2, 0) is 17.6 Å². The van der Waals surface area contributed by atoms with Gasteiger partial charge in [-0.2, -0.15) is 5.10 Å². The first-order chi connectivity index (χ1) is 10.7. The van der Waals surface area contributed by atoms with Crippen molar-refractivity contribution in [2.75, 3.05) is 0 Å². The van der Waals surface area contributed by atoms with Gasteiger partial charge < -0.3 is 5.11 Å². The van der Waals surface area contributed by atoms with E-state index in [2.05, 4.69) is 17.1 Å². The monoisotopic (exact) mass is 294 g/mol. The molecular formula is C18H18N2O2. The number of nitrogens with zero attached hydrogens (tertiary/aromatic N) is 1. The van der Waals surface area contributed by atoms with Gasteiger partial charge in [0.05, 0.1) is 12.6 Å². The molecule has 22 heavy (non-hydrogen) atoms. The van der Waals surface area contributed by atoms with E-state index in [0.717, 1.165) is 11.1 Å². The number of carbonyl (C=O) groups excluding carboxylic acids is 1. The van der Waals surface area contributed by atoms with Gasteiger partial charge in [-0.05, 0) is 23.6 Å². The highest BCUT2D eigenvalue weighted by Gasteiger charge is 2.04. The first-order valence-electron chi connectivity index (χ1n) is 6.98. The zero-order chi connectivity index (χ0) is 15.8. The van der Waals surface area contributed by atoms with Crippen LogP contribution in [0.2, 0.25) is 0 Å². The third kappa shape index (κ3) is 4.31. The van der Waals surface area contributed by atoms with Crippen LogP contribution in [0, 0.1) is 0 Å². The molecule has 2 N–H and O–H groups in total. The van der Waals surface area contributed by atoms with Gasteiger partial charge in [0.25, 0.3) is 0 Å². The van der Waals surface area contributed by atoms with E-state index in [1.54, 1.807) is 12.1 Å². The summed E-state index contributed by atoms with van der Waals surface area (Å²) in [6.07, 6.45) is 4.00. The maximum absolute atomic E-state index is 11.8. The summed E-state index contributed by atoms with van der Waals surface area (Å²) in [5.41, 5.74) is 4.71. The molecule has 0 aliphatic rings. The molecule has 0 radical (unpaired) electrons. The highest BCUT2D eigenvalue weighted by atomic mass is 16.3. The number of hydrogen-bond donors (Lipinski definition) is 2. The lowest BCUT2D eigenvalue weighted by Crippen LogP contribution is -2.19. The lowest BCUT2D eigenvalue weighted by Gasteiger charge is -2.04. The normalized spacial score (nSPS) is 10.5. The Morgan fingerprint density at radius 2 is 1.95 bits per heavy atom. The van der Waals surface area contributed by atoms with Crippen LogP contribution in [0.5, 0.6) is 5.75 Å². The Kier molecular flexibility index (Phi) is 5.49. The molecule has 0 bridgehead atoms. The summed E-state index contributed by atoms with van der Waals surface area (Å²) in [4.78, 5) is 11.8. The van der Waals surface area contributed by atoms with Gasteiger partial charge in [-0.1, -0.05) is 48.5 Å². The molecule has 0 fully saturated rings. The zero-order valence-corrected chi connectivity index (χ0v) is 12.2. The Hall–Kier alpha value is -2.88. The number of phenolic OH excluding ortho intramolecular Hbond substituents is 1. The summed E-state index contributed by atoms with van der Waals surface area (Å²) in [5.74, 6) is -0.0485. The number of para-hydroxylation sites is 1. The Balaban J connectivity index is 1.96. The average Bonchev–Trinajstić information content (AvgIpc) is 2.52. The van der Waals surface area contributed by atoms with Crippen molar-refractivity contribution in [3.8, 4) is 5.75 Å². The molecule has 0 aliphatic carbocycles. The van der Waals surface area contributed by atoms with E-state index in [9.17, 15) is 9.90 Å². The quantitative estimate of drug-likeness (QED) is 0.489. The molecule has 4 nitrogen and oxygen atoms in total. The summed E-state index contributed by atoms with van der Waals surface area (Å²) >= 11 is 0. The fraction of sp³-hybridized carbons (Fsp3) is 0.111. The van der Waals surface area contributed by atoms with Gasteiger partial charge in [-0.3, -0.25) is 4.79 Å². The van der Waals surface area contributed by atoms with E-state index in [0.29, 0.717) is 12.0 Å². The third-order valence-corrected chi connectivity index (χ3v) is 3.12. The lowest BCUT2D eigenvalue weighted by atomic mass is 10.1. The fourth-order valence-electron chi connectivity index (χ4n) is 2.03. The smallest absolute Gasteiger partial charge is 0.244 e. The predicted molar refractivity (Wildman–Crippen MR) is 87.9 cm³/mol. The molecule has 0 aliphatic heterocycles. The van der Waals surface area contributed by atoms with Crippen LogP contribution in [0.4, 0.5) is 0 Å². The van der Waals surface area contributed by atoms with E-state index >= 15 is 0 Å². The summed E-state index contributed by atoms with van der Waals surface area (Å²) in [6.45, 7) is 3.65. The molecule has 1 amide bonds. The molecule has 112 valence electrons. The maximum Gasteiger partial charge on any atom is 0.244 e. The van der Waals surface area contributed by atoms with Gasteiger partial charge in [-0.25, -0.2) is 5.43 Å². The Labute approximate surface area is 129 Å². The van der Waals surface area contributed by atoms with Crippen LogP contribution in [0.3, 0.4) is 0 Å². The van der Waals surface area contributed by atoms with Crippen molar-refractivity contribution < 1.29 is 9.90 Å². The summed E-state index contributed by atoms with van der Waals surface area (Å²) in [7, 11) is 0. The number of amides is 1. The van der Waals surface area contributed by atoms with Crippen molar-refractivity contribution in [3.63, 3.8) is 0 Å². The third-order valence-electron chi connectivity index (χ3n) is 3.12. The van der Waals surface area contributed by atoms with Crippen LogP contribution in [0.15, 0.2) is 66.3 Å². The van der Waals surface area contributed by atoms with E-state index in [-0.39, 0.29) is 18.1 Å². The van der Waals surface area contributed by atoms with Gasteiger partial charge in [0, 0.05) is 5.56 Å². The SMILES string of the molecule is C=CCc1cccc(/C=N/NC(=O)Cc2ccccc2)c1O. The summed E-state index contributed by atoms with van der Waals surface area (Å²) in [5, 5.41) is 14.0. The van der Waals surface area contributed by atoms with Crippen molar-refractivity contribution in [2.45, 2.75) is 12.8 Å². The van der Waals surface area contributed by atoms with Crippen LogP contribution in [0.25, 0.3) is 0 Å². The topological polar surface area (TPSA) is 61.7 Å². The summed E-state index contributed by atoms with van der Waals surface area (Å²) in [6, 6.07) is 14.8. The van der Waals surface area contributed by atoms with Gasteiger partial charge in [0.2, 0.25) is 5.91 Å². The number of phenols is 1. The molecule has 0 saturated heterocycles. The van der Waals surface area contributed by atoms with Crippen LogP contribution >= 0.6 is 0 Å². The van der Waals surface area contributed by atoms with Crippen LogP contribution in [0.1, 0.15) is 16.7 Å². The molecule has 0 atom stereocenters. The summed E-state index contributed by atoms with van der Waals surface area (Å²) < 4.78 is 0. The van der Waals surface area contributed by atoms with Gasteiger partial charge in [-0.15, -0.1) is 6.58 Å². The van der Waals surface area contributed by atoms with Crippen molar-refractivity contribution in [3.05, 3.63) is 77.9 Å². The van der Waals surface area contributed by atoms with Crippen molar-refractivity contribution in [1.29, 1.82) is 0 Å². The number of carbonyl (C=O) groups is 1. The molecule has 0 saturated carbocycles. The minimum Gasteiger partial charge on any atom is -0.507 e. The molecule has 2 aromatic rings. The Morgan fingerprint density at radius 3 is 2.68 bits per heavy atom. The van der Waals surface area contributed by atoms with Gasteiger partial charge in [0.15, 0.2) is 0 Å². The second-order valence-corrected chi connectivity index (χ2v) is 4.80. The molecule has 4 heteroatoms. The largest absolute Gasteiger partial charge is 0.507 e. The fourth-order valence-corrected chi connectivity index (χ4v) is 2.03. The molecule has 2 rings (SSSR count). The molecule has 2 aromatic carbocycles. The molecule has 0 spiro atoms. The number of nitrogens with one attached hydrogen (secondary N) is 1. The molecule has 0 unspecified atom stereocenters. The van der Waals surface area contributed by atoms with E-state index in [1.165, 1.54) is 6.21 Å². The van der Waals surface area contributed by atoms with Crippen molar-refractivity contribution in [2.24, 2.45) is 5.10 Å². The first kappa shape index (κ1) is 15.5. The minimum atomic E-state index is -0.204. The molecule has 0 aromatic heterocycles.